The van der Waals surface area contributed by atoms with E-state index in [1.807, 2.05) is 38.1 Å². The molecule has 0 fully saturated rings. The van der Waals surface area contributed by atoms with Gasteiger partial charge in [-0.25, -0.2) is 4.79 Å². The largest absolute Gasteiger partial charge is 0.465 e. The van der Waals surface area contributed by atoms with Crippen molar-refractivity contribution in [2.45, 2.75) is 26.7 Å². The number of methoxy groups -OCH3 is 1. The fourth-order valence-corrected chi connectivity index (χ4v) is 3.90. The summed E-state index contributed by atoms with van der Waals surface area (Å²) in [6.45, 7) is 7.68. The van der Waals surface area contributed by atoms with Crippen LogP contribution in [-0.2, 0) is 17.6 Å². The van der Waals surface area contributed by atoms with Crippen LogP contribution in [0, 0.1) is 0 Å². The summed E-state index contributed by atoms with van der Waals surface area (Å²) in [6, 6.07) is 9.87. The number of aromatic amines is 1. The Hall–Kier alpha value is -2.92. The van der Waals surface area contributed by atoms with E-state index in [9.17, 15) is 9.59 Å². The van der Waals surface area contributed by atoms with Gasteiger partial charge in [-0.2, -0.15) is 0 Å². The number of fused-ring (bicyclic) bond motifs is 1. The number of esters is 1. The van der Waals surface area contributed by atoms with Crippen molar-refractivity contribution >= 4 is 33.6 Å². The number of pyridine rings is 1. The van der Waals surface area contributed by atoms with Gasteiger partial charge in [-0.1, -0.05) is 62.9 Å². The van der Waals surface area contributed by atoms with E-state index in [-0.39, 0.29) is 5.56 Å². The third kappa shape index (κ3) is 5.08. The molecule has 28 heavy (non-hydrogen) atoms. The topological polar surface area (TPSA) is 59.2 Å². The summed E-state index contributed by atoms with van der Waals surface area (Å²) in [5.74, 6) is -0.439. The van der Waals surface area contributed by atoms with Gasteiger partial charge in [0.1, 0.15) is 0 Å². The summed E-state index contributed by atoms with van der Waals surface area (Å²) >= 11 is 1.45. The van der Waals surface area contributed by atoms with Crippen LogP contribution in [0.5, 0.6) is 0 Å². The predicted molar refractivity (Wildman–Crippen MR) is 118 cm³/mol. The second-order valence-corrected chi connectivity index (χ2v) is 6.72. The van der Waals surface area contributed by atoms with Gasteiger partial charge in [0, 0.05) is 11.4 Å². The number of hydrogen-bond acceptors (Lipinski definition) is 4. The van der Waals surface area contributed by atoms with Crippen molar-refractivity contribution in [1.29, 1.82) is 0 Å². The molecule has 2 heterocycles. The summed E-state index contributed by atoms with van der Waals surface area (Å²) < 4.78 is 5.71. The molecule has 0 saturated carbocycles. The van der Waals surface area contributed by atoms with Gasteiger partial charge in [-0.05, 0) is 29.5 Å². The third-order valence-electron chi connectivity index (χ3n) is 4.10. The van der Waals surface area contributed by atoms with E-state index in [1.165, 1.54) is 24.0 Å². The zero-order chi connectivity index (χ0) is 20.5. The predicted octanol–water partition coefficient (Wildman–Crippen LogP) is 5.39. The summed E-state index contributed by atoms with van der Waals surface area (Å²) in [7, 11) is 1.33. The van der Waals surface area contributed by atoms with Crippen LogP contribution in [-0.4, -0.2) is 18.1 Å². The number of nitrogens with one attached hydrogen (secondary N) is 1. The normalized spacial score (nSPS) is 10.5. The lowest BCUT2D eigenvalue weighted by Gasteiger charge is -2.05. The highest BCUT2D eigenvalue weighted by Gasteiger charge is 2.16. The molecular formula is C23H25NO3S. The van der Waals surface area contributed by atoms with Gasteiger partial charge in [-0.3, -0.25) is 4.79 Å². The van der Waals surface area contributed by atoms with Gasteiger partial charge in [0.2, 0.25) is 5.56 Å². The van der Waals surface area contributed by atoms with Gasteiger partial charge in [0.25, 0.3) is 0 Å². The van der Waals surface area contributed by atoms with Gasteiger partial charge < -0.3 is 9.72 Å². The lowest BCUT2D eigenvalue weighted by Crippen LogP contribution is -2.09. The minimum absolute atomic E-state index is 0.210. The number of benzene rings is 1. The standard InChI is InChI=1S/C21H19NO3S.C2H6/c1-3-4-6-14-7-5-8-15(11-14)9-10-16-12-18(23)22-19-17(21(24)25-2)13-26-20(16)19;1-2/h3-8,11-13H,1,9-10H2,2H3,(H,22,23);1-2H3/b6-4-;. The maximum Gasteiger partial charge on any atom is 0.340 e. The van der Waals surface area contributed by atoms with E-state index in [4.69, 9.17) is 4.74 Å². The van der Waals surface area contributed by atoms with Crippen LogP contribution in [0.15, 0.2) is 59.2 Å². The molecule has 0 saturated heterocycles. The molecule has 1 aromatic carbocycles. The molecule has 0 bridgehead atoms. The highest BCUT2D eigenvalue weighted by atomic mass is 32.1. The smallest absolute Gasteiger partial charge is 0.340 e. The Morgan fingerprint density at radius 1 is 1.25 bits per heavy atom. The number of aromatic nitrogens is 1. The van der Waals surface area contributed by atoms with Crippen molar-refractivity contribution in [2.75, 3.05) is 7.11 Å². The minimum atomic E-state index is -0.439. The van der Waals surface area contributed by atoms with Crippen molar-refractivity contribution in [3.05, 3.63) is 87.1 Å². The molecule has 3 aromatic rings. The molecule has 0 unspecified atom stereocenters. The number of allylic oxidation sites excluding steroid dienone is 2. The fourth-order valence-electron chi connectivity index (χ4n) is 2.86. The second kappa shape index (κ2) is 10.4. The monoisotopic (exact) mass is 395 g/mol. The van der Waals surface area contributed by atoms with Crippen LogP contribution in [0.4, 0.5) is 0 Å². The first-order valence-electron chi connectivity index (χ1n) is 9.22. The zero-order valence-corrected chi connectivity index (χ0v) is 17.3. The number of thiophene rings is 1. The van der Waals surface area contributed by atoms with Crippen molar-refractivity contribution < 1.29 is 9.53 Å². The van der Waals surface area contributed by atoms with Gasteiger partial charge in [0.05, 0.1) is 22.9 Å². The number of H-pyrrole nitrogens is 1. The number of aryl methyl sites for hydroxylation is 2. The van der Waals surface area contributed by atoms with Gasteiger partial charge in [0.15, 0.2) is 0 Å². The van der Waals surface area contributed by atoms with E-state index < -0.39 is 5.97 Å². The Bertz CT molecular complexity index is 1040. The van der Waals surface area contributed by atoms with Gasteiger partial charge >= 0.3 is 5.97 Å². The maximum atomic E-state index is 12.0. The van der Waals surface area contributed by atoms with E-state index in [0.717, 1.165) is 28.7 Å². The van der Waals surface area contributed by atoms with Crippen molar-refractivity contribution in [1.82, 2.24) is 4.98 Å². The van der Waals surface area contributed by atoms with E-state index in [2.05, 4.69) is 23.7 Å². The third-order valence-corrected chi connectivity index (χ3v) is 5.16. The second-order valence-electron chi connectivity index (χ2n) is 5.84. The molecule has 0 radical (unpaired) electrons. The Kier molecular flexibility index (Phi) is 7.96. The molecule has 0 amide bonds. The molecule has 0 spiro atoms. The Morgan fingerprint density at radius 3 is 2.75 bits per heavy atom. The highest BCUT2D eigenvalue weighted by Crippen LogP contribution is 2.27. The van der Waals surface area contributed by atoms with Crippen LogP contribution in [0.25, 0.3) is 16.3 Å². The molecule has 1 N–H and O–H groups in total. The molecule has 0 atom stereocenters. The van der Waals surface area contributed by atoms with Gasteiger partial charge in [-0.15, -0.1) is 11.3 Å². The average Bonchev–Trinajstić information content (AvgIpc) is 3.15. The molecule has 0 aliphatic carbocycles. The van der Waals surface area contributed by atoms with Crippen molar-refractivity contribution in [2.24, 2.45) is 0 Å². The van der Waals surface area contributed by atoms with E-state index >= 15 is 0 Å². The van der Waals surface area contributed by atoms with Crippen LogP contribution in [0.2, 0.25) is 0 Å². The zero-order valence-electron chi connectivity index (χ0n) is 16.5. The number of rotatable bonds is 6. The van der Waals surface area contributed by atoms with Crippen LogP contribution >= 0.6 is 11.3 Å². The number of hydrogen-bond donors (Lipinski definition) is 1. The Labute approximate surface area is 169 Å². The molecule has 3 rings (SSSR count). The lowest BCUT2D eigenvalue weighted by atomic mass is 10.0. The number of ether oxygens (including phenoxy) is 1. The molecule has 0 aliphatic heterocycles. The quantitative estimate of drug-likeness (QED) is 0.450. The molecular weight excluding hydrogens is 370 g/mol. The summed E-state index contributed by atoms with van der Waals surface area (Å²) in [5.41, 5.74) is 4.00. The van der Waals surface area contributed by atoms with E-state index in [1.54, 1.807) is 17.5 Å². The number of carbonyl (C=O) groups is 1. The molecule has 5 heteroatoms. The summed E-state index contributed by atoms with van der Waals surface area (Å²) in [4.78, 5) is 26.7. The summed E-state index contributed by atoms with van der Waals surface area (Å²) in [6.07, 6.45) is 7.18. The van der Waals surface area contributed by atoms with Crippen molar-refractivity contribution in [3.63, 3.8) is 0 Å². The first kappa shape index (κ1) is 21.4. The van der Waals surface area contributed by atoms with Crippen molar-refractivity contribution in [3.8, 4) is 0 Å². The molecule has 4 nitrogen and oxygen atoms in total. The molecule has 0 aliphatic rings. The number of carbonyl (C=O) groups excluding carboxylic acids is 1. The first-order chi connectivity index (χ1) is 13.6. The summed E-state index contributed by atoms with van der Waals surface area (Å²) in [5, 5.41) is 1.73. The molecule has 146 valence electrons. The van der Waals surface area contributed by atoms with Crippen LogP contribution in [0.3, 0.4) is 0 Å². The minimum Gasteiger partial charge on any atom is -0.465 e. The van der Waals surface area contributed by atoms with E-state index in [0.29, 0.717) is 11.1 Å². The Balaban J connectivity index is 0.00000136. The average molecular weight is 396 g/mol. The molecule has 2 aromatic heterocycles. The van der Waals surface area contributed by atoms with Crippen LogP contribution in [0.1, 0.15) is 40.9 Å². The maximum absolute atomic E-state index is 12.0. The lowest BCUT2D eigenvalue weighted by molar-refractivity contribution is 0.0603. The Morgan fingerprint density at radius 2 is 2.04 bits per heavy atom. The van der Waals surface area contributed by atoms with Crippen LogP contribution < -0.4 is 5.56 Å². The SMILES string of the molecule is C=C/C=C\c1cccc(CCc2cc(=O)[nH]c3c(C(=O)OC)csc23)c1.CC. The fraction of sp³-hybridized carbons (Fsp3) is 0.217. The first-order valence-corrected chi connectivity index (χ1v) is 10.1. The highest BCUT2D eigenvalue weighted by molar-refractivity contribution is 7.17.